The second-order valence-electron chi connectivity index (χ2n) is 9.93. The summed E-state index contributed by atoms with van der Waals surface area (Å²) in [6.07, 6.45) is 4.63. The van der Waals surface area contributed by atoms with Gasteiger partial charge >= 0.3 is 12.1 Å². The Bertz CT molecular complexity index is 1100. The third-order valence-electron chi connectivity index (χ3n) is 7.81. The number of ether oxygens (including phenoxy) is 1. The molecule has 8 heteroatoms. The van der Waals surface area contributed by atoms with E-state index in [1.165, 1.54) is 30.0 Å². The van der Waals surface area contributed by atoms with Crippen LogP contribution in [0.5, 0.6) is 0 Å². The molecule has 5 rings (SSSR count). The standard InChI is InChI=1S/C27H31F2N3O3/c1-17-4-2-3-5-22(17)18-6-9-21(10-7-18)31-13-12-20(15-31)30-26(33)32-25(16-35-27(32)34)19-8-11-23(28)24(29)14-19/h2-5,8,11,14,18,20-21,25H,6-7,9-10,12-13,15-16H2,1H3,(H,30,33). The molecule has 2 heterocycles. The van der Waals surface area contributed by atoms with Crippen LogP contribution in [-0.4, -0.2) is 53.7 Å². The number of benzene rings is 2. The van der Waals surface area contributed by atoms with E-state index in [9.17, 15) is 18.4 Å². The van der Waals surface area contributed by atoms with Gasteiger partial charge in [-0.25, -0.2) is 23.3 Å². The van der Waals surface area contributed by atoms with Gasteiger partial charge in [-0.1, -0.05) is 30.3 Å². The molecular weight excluding hydrogens is 452 g/mol. The van der Waals surface area contributed by atoms with Crippen molar-refractivity contribution in [3.05, 3.63) is 70.8 Å². The average Bonchev–Trinajstić information content (AvgIpc) is 3.48. The quantitative estimate of drug-likeness (QED) is 0.643. The van der Waals surface area contributed by atoms with Crippen molar-refractivity contribution in [1.82, 2.24) is 15.1 Å². The summed E-state index contributed by atoms with van der Waals surface area (Å²) in [5.74, 6) is -1.39. The van der Waals surface area contributed by atoms with Crippen LogP contribution in [0.3, 0.4) is 0 Å². The summed E-state index contributed by atoms with van der Waals surface area (Å²) in [5.41, 5.74) is 3.15. The number of imide groups is 1. The van der Waals surface area contributed by atoms with Gasteiger partial charge in [0.15, 0.2) is 11.6 Å². The lowest BCUT2D eigenvalue weighted by Gasteiger charge is -2.35. The van der Waals surface area contributed by atoms with Crippen LogP contribution in [0.25, 0.3) is 0 Å². The Kier molecular flexibility index (Phi) is 6.73. The number of cyclic esters (lactones) is 1. The first kappa shape index (κ1) is 23.7. The highest BCUT2D eigenvalue weighted by Crippen LogP contribution is 2.37. The summed E-state index contributed by atoms with van der Waals surface area (Å²) in [5, 5.41) is 2.96. The fraction of sp³-hybridized carbons (Fsp3) is 0.481. The smallest absolute Gasteiger partial charge is 0.418 e. The number of rotatable bonds is 4. The van der Waals surface area contributed by atoms with Crippen LogP contribution < -0.4 is 5.32 Å². The molecular formula is C27H31F2N3O3. The summed E-state index contributed by atoms with van der Waals surface area (Å²) in [6.45, 7) is 3.74. The van der Waals surface area contributed by atoms with E-state index in [1.807, 2.05) is 0 Å². The van der Waals surface area contributed by atoms with Gasteiger partial charge in [0, 0.05) is 25.2 Å². The van der Waals surface area contributed by atoms with E-state index in [4.69, 9.17) is 4.74 Å². The predicted molar refractivity (Wildman–Crippen MR) is 127 cm³/mol. The number of amides is 3. The maximum atomic E-state index is 13.7. The first-order chi connectivity index (χ1) is 16.9. The molecule has 2 unspecified atom stereocenters. The topological polar surface area (TPSA) is 61.9 Å². The maximum absolute atomic E-state index is 13.7. The Morgan fingerprint density at radius 3 is 2.54 bits per heavy atom. The summed E-state index contributed by atoms with van der Waals surface area (Å²) in [7, 11) is 0. The highest BCUT2D eigenvalue weighted by atomic mass is 19.2. The number of urea groups is 1. The monoisotopic (exact) mass is 483 g/mol. The summed E-state index contributed by atoms with van der Waals surface area (Å²) in [4.78, 5) is 28.7. The molecule has 0 aromatic heterocycles. The number of nitrogens with zero attached hydrogens (tertiary/aromatic N) is 2. The predicted octanol–water partition coefficient (Wildman–Crippen LogP) is 5.28. The number of carbonyl (C=O) groups excluding carboxylic acids is 2. The minimum Gasteiger partial charge on any atom is -0.446 e. The number of likely N-dealkylation sites (tertiary alicyclic amines) is 1. The molecule has 2 aromatic rings. The fourth-order valence-corrected chi connectivity index (χ4v) is 5.89. The molecule has 1 N–H and O–H groups in total. The minimum absolute atomic E-state index is 0.0735. The van der Waals surface area contributed by atoms with E-state index >= 15 is 0 Å². The number of hydrogen-bond donors (Lipinski definition) is 1. The second kappa shape index (κ2) is 9.93. The van der Waals surface area contributed by atoms with Gasteiger partial charge in [0.25, 0.3) is 0 Å². The molecule has 3 aliphatic rings. The number of nitrogens with one attached hydrogen (secondary N) is 1. The molecule has 35 heavy (non-hydrogen) atoms. The van der Waals surface area contributed by atoms with Crippen LogP contribution in [-0.2, 0) is 4.74 Å². The van der Waals surface area contributed by atoms with E-state index < -0.39 is 29.8 Å². The molecule has 6 nitrogen and oxygen atoms in total. The SMILES string of the molecule is Cc1ccccc1C1CCC(N2CCC(NC(=O)N3C(=O)OCC3c3ccc(F)c(F)c3)C2)CC1. The maximum Gasteiger partial charge on any atom is 0.418 e. The fourth-order valence-electron chi connectivity index (χ4n) is 5.89. The zero-order valence-corrected chi connectivity index (χ0v) is 19.9. The number of carbonyl (C=O) groups is 2. The van der Waals surface area contributed by atoms with Crippen molar-refractivity contribution in [2.75, 3.05) is 19.7 Å². The molecule has 1 saturated carbocycles. The van der Waals surface area contributed by atoms with E-state index in [2.05, 4.69) is 41.4 Å². The highest BCUT2D eigenvalue weighted by molar-refractivity contribution is 5.92. The molecule has 2 saturated heterocycles. The van der Waals surface area contributed by atoms with E-state index in [-0.39, 0.29) is 12.6 Å². The molecule has 1 aliphatic carbocycles. The molecule has 2 aliphatic heterocycles. The summed E-state index contributed by atoms with van der Waals surface area (Å²) < 4.78 is 32.1. The van der Waals surface area contributed by atoms with Crippen LogP contribution in [0, 0.1) is 18.6 Å². The van der Waals surface area contributed by atoms with E-state index in [0.29, 0.717) is 17.5 Å². The number of halogens is 2. The molecule has 3 amide bonds. The van der Waals surface area contributed by atoms with Gasteiger partial charge in [0.05, 0.1) is 0 Å². The van der Waals surface area contributed by atoms with Crippen molar-refractivity contribution in [1.29, 1.82) is 0 Å². The zero-order chi connectivity index (χ0) is 24.5. The van der Waals surface area contributed by atoms with Crippen LogP contribution in [0.2, 0.25) is 0 Å². The number of aryl methyl sites for hydroxylation is 1. The normalized spacial score (nSPS) is 27.2. The van der Waals surface area contributed by atoms with Gasteiger partial charge in [0.2, 0.25) is 0 Å². The van der Waals surface area contributed by atoms with E-state index in [0.717, 1.165) is 49.4 Å². The molecule has 3 fully saturated rings. The largest absolute Gasteiger partial charge is 0.446 e. The molecule has 2 atom stereocenters. The lowest BCUT2D eigenvalue weighted by molar-refractivity contribution is 0.155. The van der Waals surface area contributed by atoms with Crippen molar-refractivity contribution < 1.29 is 23.1 Å². The molecule has 0 radical (unpaired) electrons. The Hall–Kier alpha value is -3.00. The first-order valence-electron chi connectivity index (χ1n) is 12.4. The van der Waals surface area contributed by atoms with Gasteiger partial charge in [-0.2, -0.15) is 0 Å². The lowest BCUT2D eigenvalue weighted by Crippen LogP contribution is -2.47. The highest BCUT2D eigenvalue weighted by Gasteiger charge is 2.41. The minimum atomic E-state index is -1.02. The summed E-state index contributed by atoms with van der Waals surface area (Å²) >= 11 is 0. The van der Waals surface area contributed by atoms with Crippen molar-refractivity contribution in [2.24, 2.45) is 0 Å². The van der Waals surface area contributed by atoms with E-state index in [1.54, 1.807) is 0 Å². The Morgan fingerprint density at radius 2 is 1.80 bits per heavy atom. The van der Waals surface area contributed by atoms with Gasteiger partial charge in [-0.15, -0.1) is 0 Å². The van der Waals surface area contributed by atoms with Crippen LogP contribution in [0.4, 0.5) is 18.4 Å². The molecule has 0 spiro atoms. The van der Waals surface area contributed by atoms with Crippen molar-refractivity contribution in [3.63, 3.8) is 0 Å². The second-order valence-corrected chi connectivity index (χ2v) is 9.93. The Morgan fingerprint density at radius 1 is 1.03 bits per heavy atom. The lowest BCUT2D eigenvalue weighted by atomic mass is 9.80. The van der Waals surface area contributed by atoms with Crippen molar-refractivity contribution in [2.45, 2.75) is 63.1 Å². The average molecular weight is 484 g/mol. The van der Waals surface area contributed by atoms with Crippen LogP contribution in [0.15, 0.2) is 42.5 Å². The third kappa shape index (κ3) is 4.89. The first-order valence-corrected chi connectivity index (χ1v) is 12.4. The van der Waals surface area contributed by atoms with Crippen LogP contribution >= 0.6 is 0 Å². The van der Waals surface area contributed by atoms with Gasteiger partial charge < -0.3 is 10.1 Å². The molecule has 2 aromatic carbocycles. The number of hydrogen-bond acceptors (Lipinski definition) is 4. The third-order valence-corrected chi connectivity index (χ3v) is 7.81. The van der Waals surface area contributed by atoms with Crippen molar-refractivity contribution >= 4 is 12.1 Å². The van der Waals surface area contributed by atoms with Gasteiger partial charge in [0.1, 0.15) is 12.6 Å². The molecule has 0 bridgehead atoms. The van der Waals surface area contributed by atoms with Gasteiger partial charge in [-0.05, 0) is 73.8 Å². The van der Waals surface area contributed by atoms with Gasteiger partial charge in [-0.3, -0.25) is 4.90 Å². The summed E-state index contributed by atoms with van der Waals surface area (Å²) in [6, 6.07) is 11.1. The zero-order valence-electron chi connectivity index (χ0n) is 19.9. The molecule has 186 valence electrons. The Balaban J connectivity index is 1.16. The van der Waals surface area contributed by atoms with Crippen LogP contribution in [0.1, 0.15) is 60.8 Å². The Labute approximate surface area is 204 Å². The van der Waals surface area contributed by atoms with Crippen molar-refractivity contribution in [3.8, 4) is 0 Å².